The van der Waals surface area contributed by atoms with Crippen LogP contribution in [0.4, 0.5) is 10.3 Å². The number of nitrogens with zero attached hydrogens (tertiary/aromatic N) is 2. The molecule has 3 N–H and O–H groups in total. The Kier molecular flexibility index (Phi) is 4.05. The maximum atomic E-state index is 13.0. The van der Waals surface area contributed by atoms with Gasteiger partial charge in [0.25, 0.3) is 0 Å². The van der Waals surface area contributed by atoms with Crippen molar-refractivity contribution in [3.8, 4) is 0 Å². The Bertz CT molecular complexity index is 682. The van der Waals surface area contributed by atoms with Crippen molar-refractivity contribution < 1.29 is 14.0 Å². The lowest BCUT2D eigenvalue weighted by atomic mass is 9.88. The molecule has 1 aromatic rings. The highest BCUT2D eigenvalue weighted by atomic mass is 19.1. The number of amides is 2. The van der Waals surface area contributed by atoms with E-state index in [1.807, 2.05) is 0 Å². The van der Waals surface area contributed by atoms with Gasteiger partial charge in [-0.1, -0.05) is 0 Å². The minimum atomic E-state index is -0.470. The molecule has 1 aliphatic heterocycles. The molecule has 3 fully saturated rings. The lowest BCUT2D eigenvalue weighted by Crippen LogP contribution is -2.54. The molecule has 4 unspecified atom stereocenters. The topological polar surface area (TPSA) is 96.0 Å². The molecule has 2 saturated carbocycles. The average Bonchev–Trinajstić information content (AvgIpc) is 3.24. The summed E-state index contributed by atoms with van der Waals surface area (Å²) in [5, 5.41) is 9.33. The molecule has 2 heterocycles. The van der Waals surface area contributed by atoms with Crippen LogP contribution in [-0.4, -0.2) is 39.4 Å². The van der Waals surface area contributed by atoms with Gasteiger partial charge in [0.1, 0.15) is 0 Å². The molecule has 0 aromatic carbocycles. The zero-order chi connectivity index (χ0) is 17.4. The van der Waals surface area contributed by atoms with Gasteiger partial charge in [-0.3, -0.25) is 9.59 Å². The van der Waals surface area contributed by atoms with E-state index in [1.165, 1.54) is 0 Å². The van der Waals surface area contributed by atoms with Crippen LogP contribution in [0.1, 0.15) is 44.9 Å². The smallest absolute Gasteiger partial charge is 0.223 e. The van der Waals surface area contributed by atoms with Crippen LogP contribution in [0.15, 0.2) is 12.4 Å². The van der Waals surface area contributed by atoms with E-state index in [2.05, 4.69) is 25.9 Å². The Labute approximate surface area is 145 Å². The predicted molar refractivity (Wildman–Crippen MR) is 88.0 cm³/mol. The van der Waals surface area contributed by atoms with Gasteiger partial charge >= 0.3 is 0 Å². The van der Waals surface area contributed by atoms with E-state index in [0.29, 0.717) is 31.1 Å². The lowest BCUT2D eigenvalue weighted by molar-refractivity contribution is -0.122. The van der Waals surface area contributed by atoms with Crippen LogP contribution in [0.3, 0.4) is 0 Å². The number of aromatic nitrogens is 2. The molecule has 134 valence electrons. The number of hydrogen-bond acceptors (Lipinski definition) is 5. The van der Waals surface area contributed by atoms with Crippen LogP contribution in [0.25, 0.3) is 0 Å². The van der Waals surface area contributed by atoms with Crippen molar-refractivity contribution in [3.05, 3.63) is 18.2 Å². The van der Waals surface area contributed by atoms with E-state index in [9.17, 15) is 14.0 Å². The third-order valence-corrected chi connectivity index (χ3v) is 5.72. The van der Waals surface area contributed by atoms with E-state index >= 15 is 0 Å². The van der Waals surface area contributed by atoms with Crippen LogP contribution in [0, 0.1) is 11.7 Å². The fourth-order valence-electron chi connectivity index (χ4n) is 4.56. The van der Waals surface area contributed by atoms with Crippen molar-refractivity contribution in [1.29, 1.82) is 0 Å². The fraction of sp³-hybridized carbons (Fsp3) is 0.647. The molecular formula is C17H22FN5O2. The zero-order valence-corrected chi connectivity index (χ0v) is 13.9. The summed E-state index contributed by atoms with van der Waals surface area (Å²) in [5.74, 6) is 0.480. The summed E-state index contributed by atoms with van der Waals surface area (Å²) in [6.07, 6.45) is 7.74. The molecule has 4 atom stereocenters. The molecule has 8 heteroatoms. The average molecular weight is 347 g/mol. The number of carbonyl (C=O) groups excluding carboxylic acids is 2. The quantitative estimate of drug-likeness (QED) is 0.742. The molecule has 1 saturated heterocycles. The number of anilines is 1. The van der Waals surface area contributed by atoms with Crippen LogP contribution in [0.2, 0.25) is 0 Å². The SMILES string of the molecule is O=C1CCC(CC(=O)NC2CC3CCC2(Nc2ncc(F)cn2)C3)N1. The first-order valence-corrected chi connectivity index (χ1v) is 8.87. The minimum absolute atomic E-state index is 0.00417. The van der Waals surface area contributed by atoms with Gasteiger partial charge in [0.15, 0.2) is 5.82 Å². The van der Waals surface area contributed by atoms with Crippen molar-refractivity contribution in [1.82, 2.24) is 20.6 Å². The summed E-state index contributed by atoms with van der Waals surface area (Å²) in [6, 6.07) is -0.0556. The number of nitrogens with one attached hydrogen (secondary N) is 3. The Morgan fingerprint density at radius 3 is 2.84 bits per heavy atom. The molecule has 2 aliphatic carbocycles. The van der Waals surface area contributed by atoms with Gasteiger partial charge in [0, 0.05) is 18.9 Å². The van der Waals surface area contributed by atoms with Crippen molar-refractivity contribution in [3.63, 3.8) is 0 Å². The van der Waals surface area contributed by atoms with Gasteiger partial charge in [0.2, 0.25) is 17.8 Å². The molecule has 4 rings (SSSR count). The molecule has 1 aromatic heterocycles. The van der Waals surface area contributed by atoms with Gasteiger partial charge in [-0.15, -0.1) is 0 Å². The predicted octanol–water partition coefficient (Wildman–Crippen LogP) is 1.12. The number of hydrogen-bond donors (Lipinski definition) is 3. The number of halogens is 1. The largest absolute Gasteiger partial charge is 0.353 e. The Hall–Kier alpha value is -2.25. The van der Waals surface area contributed by atoms with E-state index in [0.717, 1.165) is 38.1 Å². The molecule has 25 heavy (non-hydrogen) atoms. The second-order valence-electron chi connectivity index (χ2n) is 7.48. The summed E-state index contributed by atoms with van der Waals surface area (Å²) in [4.78, 5) is 31.7. The van der Waals surface area contributed by atoms with Crippen LogP contribution in [-0.2, 0) is 9.59 Å². The number of fused-ring (bicyclic) bond motifs is 2. The van der Waals surface area contributed by atoms with Gasteiger partial charge in [-0.05, 0) is 38.0 Å². The number of carbonyl (C=O) groups is 2. The summed E-state index contributed by atoms with van der Waals surface area (Å²) in [7, 11) is 0. The van der Waals surface area contributed by atoms with E-state index < -0.39 is 5.82 Å². The molecule has 2 amide bonds. The molecular weight excluding hydrogens is 325 g/mol. The fourth-order valence-corrected chi connectivity index (χ4v) is 4.56. The monoisotopic (exact) mass is 347 g/mol. The third-order valence-electron chi connectivity index (χ3n) is 5.72. The second-order valence-corrected chi connectivity index (χ2v) is 7.48. The van der Waals surface area contributed by atoms with Crippen molar-refractivity contribution in [2.75, 3.05) is 5.32 Å². The lowest BCUT2D eigenvalue weighted by Gasteiger charge is -2.36. The maximum absolute atomic E-state index is 13.0. The summed E-state index contributed by atoms with van der Waals surface area (Å²) in [6.45, 7) is 0. The minimum Gasteiger partial charge on any atom is -0.353 e. The standard InChI is InChI=1S/C17H22FN5O2/c18-11-8-19-16(20-9-11)23-17-4-3-10(7-17)5-13(17)22-15(25)6-12-1-2-14(24)21-12/h8-10,12-13H,1-7H2,(H,21,24)(H,22,25)(H,19,20,23). The maximum Gasteiger partial charge on any atom is 0.223 e. The second kappa shape index (κ2) is 6.24. The third kappa shape index (κ3) is 3.29. The highest BCUT2D eigenvalue weighted by Crippen LogP contribution is 2.49. The first-order valence-electron chi connectivity index (χ1n) is 8.87. The van der Waals surface area contributed by atoms with Gasteiger partial charge < -0.3 is 16.0 Å². The molecule has 7 nitrogen and oxygen atoms in total. The first kappa shape index (κ1) is 16.2. The van der Waals surface area contributed by atoms with Gasteiger partial charge in [-0.25, -0.2) is 14.4 Å². The Morgan fingerprint density at radius 2 is 2.16 bits per heavy atom. The van der Waals surface area contributed by atoms with Gasteiger partial charge in [0.05, 0.1) is 24.0 Å². The molecule has 3 aliphatic rings. The van der Waals surface area contributed by atoms with E-state index in [4.69, 9.17) is 0 Å². The summed E-state index contributed by atoms with van der Waals surface area (Å²) < 4.78 is 13.0. The van der Waals surface area contributed by atoms with Crippen LogP contribution >= 0.6 is 0 Å². The first-order chi connectivity index (χ1) is 12.0. The van der Waals surface area contributed by atoms with Crippen LogP contribution < -0.4 is 16.0 Å². The van der Waals surface area contributed by atoms with Crippen molar-refractivity contribution in [2.45, 2.75) is 62.6 Å². The van der Waals surface area contributed by atoms with Crippen molar-refractivity contribution >= 4 is 17.8 Å². The summed E-state index contributed by atoms with van der Waals surface area (Å²) >= 11 is 0. The highest BCUT2D eigenvalue weighted by molar-refractivity contribution is 5.82. The zero-order valence-electron chi connectivity index (χ0n) is 13.9. The van der Waals surface area contributed by atoms with E-state index in [-0.39, 0.29) is 29.4 Å². The molecule has 0 radical (unpaired) electrons. The van der Waals surface area contributed by atoms with Crippen LogP contribution in [0.5, 0.6) is 0 Å². The van der Waals surface area contributed by atoms with Gasteiger partial charge in [-0.2, -0.15) is 0 Å². The Balaban J connectivity index is 1.41. The Morgan fingerprint density at radius 1 is 1.36 bits per heavy atom. The highest BCUT2D eigenvalue weighted by Gasteiger charge is 2.53. The van der Waals surface area contributed by atoms with Crippen molar-refractivity contribution in [2.24, 2.45) is 5.92 Å². The molecule has 0 spiro atoms. The van der Waals surface area contributed by atoms with E-state index in [1.54, 1.807) is 0 Å². The summed E-state index contributed by atoms with van der Waals surface area (Å²) in [5.41, 5.74) is -0.267. The molecule has 2 bridgehead atoms. The number of rotatable bonds is 5. The normalized spacial score (nSPS) is 33.3.